The Balaban J connectivity index is 1.31. The maximum absolute atomic E-state index is 13.2. The van der Waals surface area contributed by atoms with Gasteiger partial charge in [0.1, 0.15) is 24.2 Å². The number of nitriles is 1. The van der Waals surface area contributed by atoms with Crippen LogP contribution >= 0.6 is 11.6 Å². The van der Waals surface area contributed by atoms with Gasteiger partial charge in [-0.2, -0.15) is 10.4 Å². The zero-order chi connectivity index (χ0) is 29.1. The highest BCUT2D eigenvalue weighted by atomic mass is 35.5. The number of ether oxygens (including phenoxy) is 1. The Morgan fingerprint density at radius 1 is 1.20 bits per heavy atom. The lowest BCUT2D eigenvalue weighted by Gasteiger charge is -2.39. The average molecular weight is 572 g/mol. The summed E-state index contributed by atoms with van der Waals surface area (Å²) >= 11 is 6.36. The molecular weight excluding hydrogens is 538 g/mol. The van der Waals surface area contributed by atoms with Gasteiger partial charge in [-0.25, -0.2) is 9.50 Å². The highest BCUT2D eigenvalue weighted by Crippen LogP contribution is 2.38. The van der Waals surface area contributed by atoms with Gasteiger partial charge in [0.2, 0.25) is 0 Å². The van der Waals surface area contributed by atoms with Crippen molar-refractivity contribution in [2.24, 2.45) is 5.41 Å². The second-order valence-corrected chi connectivity index (χ2v) is 11.7. The number of aromatic nitrogens is 4. The molecule has 0 radical (unpaired) electrons. The molecule has 9 nitrogen and oxygen atoms in total. The Bertz CT molecular complexity index is 1580. The van der Waals surface area contributed by atoms with Crippen LogP contribution < -0.4 is 9.64 Å². The summed E-state index contributed by atoms with van der Waals surface area (Å²) < 4.78 is 7.62. The van der Waals surface area contributed by atoms with E-state index in [1.807, 2.05) is 44.1 Å². The molecule has 0 atom stereocenters. The van der Waals surface area contributed by atoms with Crippen molar-refractivity contribution in [1.82, 2.24) is 24.5 Å². The third-order valence-electron chi connectivity index (χ3n) is 7.81. The molecule has 0 unspecified atom stereocenters. The van der Waals surface area contributed by atoms with Gasteiger partial charge in [0, 0.05) is 37.2 Å². The molecule has 1 saturated heterocycles. The topological polar surface area (TPSA) is 99.7 Å². The zero-order valence-electron chi connectivity index (χ0n) is 23.9. The Morgan fingerprint density at radius 2 is 1.98 bits per heavy atom. The third kappa shape index (κ3) is 6.19. The van der Waals surface area contributed by atoms with E-state index in [2.05, 4.69) is 23.0 Å². The fraction of sp³-hybridized carbons (Fsp3) is 0.387. The molecule has 0 saturated carbocycles. The predicted octanol–water partition coefficient (Wildman–Crippen LogP) is 5.44. The van der Waals surface area contributed by atoms with E-state index in [0.29, 0.717) is 46.1 Å². The predicted molar refractivity (Wildman–Crippen MR) is 160 cm³/mol. The van der Waals surface area contributed by atoms with E-state index in [9.17, 15) is 10.1 Å². The van der Waals surface area contributed by atoms with Gasteiger partial charge in [-0.05, 0) is 57.0 Å². The van der Waals surface area contributed by atoms with Crippen molar-refractivity contribution in [2.75, 3.05) is 45.2 Å². The Labute approximate surface area is 245 Å². The van der Waals surface area contributed by atoms with Gasteiger partial charge in [0.15, 0.2) is 5.78 Å². The highest BCUT2D eigenvalue weighted by molar-refractivity contribution is 6.34. The number of aryl methyl sites for hydroxylation is 1. The van der Waals surface area contributed by atoms with Crippen molar-refractivity contribution in [1.29, 1.82) is 5.26 Å². The smallest absolute Gasteiger partial charge is 0.165 e. The number of anilines is 1. The Morgan fingerprint density at radius 3 is 2.63 bits per heavy atom. The summed E-state index contributed by atoms with van der Waals surface area (Å²) in [7, 11) is 3.98. The molecule has 0 spiro atoms. The van der Waals surface area contributed by atoms with Crippen molar-refractivity contribution in [3.63, 3.8) is 0 Å². The van der Waals surface area contributed by atoms with Gasteiger partial charge >= 0.3 is 0 Å². The number of carbonyl (C=O) groups excluding carboxylic acids is 1. The van der Waals surface area contributed by atoms with Crippen LogP contribution in [0.2, 0.25) is 5.02 Å². The van der Waals surface area contributed by atoms with Gasteiger partial charge in [-0.15, -0.1) is 0 Å². The summed E-state index contributed by atoms with van der Waals surface area (Å²) in [5.74, 6) is 1.53. The van der Waals surface area contributed by atoms with Crippen molar-refractivity contribution < 1.29 is 9.53 Å². The maximum Gasteiger partial charge on any atom is 0.165 e. The summed E-state index contributed by atoms with van der Waals surface area (Å²) in [5, 5.41) is 14.5. The molecule has 4 heterocycles. The van der Waals surface area contributed by atoms with Crippen LogP contribution in [0.3, 0.4) is 0 Å². The number of likely N-dealkylation sites (N-methyl/N-ethyl adjacent to an activating group) is 1. The van der Waals surface area contributed by atoms with E-state index < -0.39 is 0 Å². The molecule has 1 fully saturated rings. The minimum Gasteiger partial charge on any atom is -0.491 e. The van der Waals surface area contributed by atoms with Crippen molar-refractivity contribution in [3.05, 3.63) is 70.8 Å². The molecule has 4 aromatic rings. The number of piperidine rings is 1. The molecule has 0 aliphatic carbocycles. The lowest BCUT2D eigenvalue weighted by Crippen LogP contribution is -2.40. The summed E-state index contributed by atoms with van der Waals surface area (Å²) in [6.45, 7) is 6.96. The SMILES string of the molecule is Cc1cccc(Cl)c1C(=O)CC1(C)CCN(c2cnc(-c3cc(OCCN(C)C)cn4ncc(C#N)c34)cn2)CC1. The van der Waals surface area contributed by atoms with E-state index in [4.69, 9.17) is 26.3 Å². The zero-order valence-corrected chi connectivity index (χ0v) is 24.6. The summed E-state index contributed by atoms with van der Waals surface area (Å²) in [6, 6.07) is 9.69. The van der Waals surface area contributed by atoms with Crippen molar-refractivity contribution >= 4 is 28.7 Å². The van der Waals surface area contributed by atoms with Gasteiger partial charge in [0.25, 0.3) is 0 Å². The van der Waals surface area contributed by atoms with E-state index in [-0.39, 0.29) is 11.2 Å². The fourth-order valence-electron chi connectivity index (χ4n) is 5.34. The van der Waals surface area contributed by atoms with E-state index in [1.165, 1.54) is 0 Å². The van der Waals surface area contributed by atoms with Crippen LogP contribution in [-0.4, -0.2) is 70.6 Å². The lowest BCUT2D eigenvalue weighted by atomic mass is 9.75. The van der Waals surface area contributed by atoms with Crippen LogP contribution in [0.5, 0.6) is 5.75 Å². The number of pyridine rings is 1. The molecule has 3 aromatic heterocycles. The number of fused-ring (bicyclic) bond motifs is 1. The van der Waals surface area contributed by atoms with Crippen LogP contribution in [0.4, 0.5) is 5.82 Å². The average Bonchev–Trinajstić information content (AvgIpc) is 3.36. The van der Waals surface area contributed by atoms with Crippen LogP contribution in [0, 0.1) is 23.7 Å². The first-order valence-corrected chi connectivity index (χ1v) is 14.1. The third-order valence-corrected chi connectivity index (χ3v) is 8.13. The van der Waals surface area contributed by atoms with Gasteiger partial charge in [-0.3, -0.25) is 9.78 Å². The van der Waals surface area contributed by atoms with E-state index in [0.717, 1.165) is 49.4 Å². The van der Waals surface area contributed by atoms with Gasteiger partial charge in [-0.1, -0.05) is 30.7 Å². The van der Waals surface area contributed by atoms with Crippen LogP contribution in [-0.2, 0) is 0 Å². The van der Waals surface area contributed by atoms with Crippen LogP contribution in [0.1, 0.15) is 47.7 Å². The molecule has 0 bridgehead atoms. The van der Waals surface area contributed by atoms with Crippen LogP contribution in [0.25, 0.3) is 16.8 Å². The first-order chi connectivity index (χ1) is 19.7. The first-order valence-electron chi connectivity index (χ1n) is 13.7. The monoisotopic (exact) mass is 571 g/mol. The van der Waals surface area contributed by atoms with Crippen LogP contribution in [0.15, 0.2) is 49.1 Å². The number of Topliss-reactive ketones (excluding diaryl/α,β-unsaturated/α-hetero) is 1. The number of hydrogen-bond acceptors (Lipinski definition) is 8. The molecular formula is C31H34ClN7O2. The van der Waals surface area contributed by atoms with Crippen molar-refractivity contribution in [3.8, 4) is 23.1 Å². The molecule has 1 aliphatic rings. The molecule has 0 amide bonds. The minimum atomic E-state index is -0.110. The molecule has 1 aliphatic heterocycles. The lowest BCUT2D eigenvalue weighted by molar-refractivity contribution is 0.0898. The molecule has 212 valence electrons. The number of rotatable bonds is 9. The van der Waals surface area contributed by atoms with E-state index in [1.54, 1.807) is 35.4 Å². The number of halogens is 1. The number of benzene rings is 1. The molecule has 10 heteroatoms. The second kappa shape index (κ2) is 11.9. The standard InChI is InChI=1S/C31H34ClN7O2/c1-21-6-5-7-25(32)29(21)27(40)15-31(2)8-10-38(11-9-31)28-19-34-26(18-35-28)24-14-23(41-13-12-37(3)4)20-39-30(24)22(16-33)17-36-39/h5-7,14,17-20H,8-13,15H2,1-4H3. The molecule has 41 heavy (non-hydrogen) atoms. The molecule has 5 rings (SSSR count). The summed E-state index contributed by atoms with van der Waals surface area (Å²) in [6.07, 6.45) is 9.02. The number of ketones is 1. The maximum atomic E-state index is 13.2. The van der Waals surface area contributed by atoms with Crippen molar-refractivity contribution in [2.45, 2.75) is 33.1 Å². The molecule has 0 N–H and O–H groups in total. The van der Waals surface area contributed by atoms with Gasteiger partial charge < -0.3 is 14.5 Å². The second-order valence-electron chi connectivity index (χ2n) is 11.3. The highest BCUT2D eigenvalue weighted by Gasteiger charge is 2.34. The summed E-state index contributed by atoms with van der Waals surface area (Å²) in [5.41, 5.74) is 3.94. The first kappa shape index (κ1) is 28.5. The Kier molecular flexibility index (Phi) is 8.25. The van der Waals surface area contributed by atoms with Gasteiger partial charge in [0.05, 0.1) is 46.6 Å². The minimum absolute atomic E-state index is 0.101. The Hall–Kier alpha value is -4.00. The number of carbonyl (C=O) groups is 1. The largest absolute Gasteiger partial charge is 0.491 e. The normalized spacial score (nSPS) is 14.8. The fourth-order valence-corrected chi connectivity index (χ4v) is 5.66. The molecule has 1 aromatic carbocycles. The van der Waals surface area contributed by atoms with E-state index >= 15 is 0 Å². The summed E-state index contributed by atoms with van der Waals surface area (Å²) in [4.78, 5) is 26.9. The number of hydrogen-bond donors (Lipinski definition) is 0. The number of nitrogens with zero attached hydrogens (tertiary/aromatic N) is 7. The quantitative estimate of drug-likeness (QED) is 0.245.